The van der Waals surface area contributed by atoms with Crippen LogP contribution in [0.3, 0.4) is 0 Å². The number of aryl methyl sites for hydroxylation is 2. The summed E-state index contributed by atoms with van der Waals surface area (Å²) in [5.41, 5.74) is 4.16. The van der Waals surface area contributed by atoms with Gasteiger partial charge in [-0.15, -0.1) is 5.10 Å². The van der Waals surface area contributed by atoms with Crippen molar-refractivity contribution in [1.29, 1.82) is 0 Å². The lowest BCUT2D eigenvalue weighted by Crippen LogP contribution is -2.03. The largest absolute Gasteiger partial charge is 0.263 e. The van der Waals surface area contributed by atoms with Crippen LogP contribution in [0, 0.1) is 6.92 Å². The molecule has 2 aromatic heterocycles. The lowest BCUT2D eigenvalue weighted by Gasteiger charge is -2.03. The van der Waals surface area contributed by atoms with E-state index in [-0.39, 0.29) is 0 Å². The quantitative estimate of drug-likeness (QED) is 0.583. The molecule has 0 unspecified atom stereocenters. The van der Waals surface area contributed by atoms with E-state index in [1.54, 1.807) is 0 Å². The summed E-state index contributed by atoms with van der Waals surface area (Å²) in [6.07, 6.45) is 1.74. The summed E-state index contributed by atoms with van der Waals surface area (Å²) in [5.74, 6) is 1.46. The summed E-state index contributed by atoms with van der Waals surface area (Å²) in [5, 5.41) is 15.9. The molecule has 130 valence electrons. The Morgan fingerprint density at radius 2 is 1.58 bits per heavy atom. The molecule has 0 amide bonds. The average Bonchev–Trinajstić information content (AvgIpc) is 3.29. The Hall–Kier alpha value is -3.28. The Balaban J connectivity index is 1.47. The van der Waals surface area contributed by atoms with Crippen molar-refractivity contribution in [1.82, 2.24) is 30.2 Å². The van der Waals surface area contributed by atoms with Gasteiger partial charge in [0, 0.05) is 6.42 Å². The van der Waals surface area contributed by atoms with Gasteiger partial charge in [0.2, 0.25) is 5.82 Å². The Kier molecular flexibility index (Phi) is 4.55. The van der Waals surface area contributed by atoms with Crippen molar-refractivity contribution in [3.63, 3.8) is 0 Å². The third kappa shape index (κ3) is 3.54. The third-order valence-electron chi connectivity index (χ3n) is 4.39. The molecule has 0 aliphatic rings. The molecule has 2 aromatic carbocycles. The number of rotatable bonds is 6. The van der Waals surface area contributed by atoms with Gasteiger partial charge in [-0.05, 0) is 24.5 Å². The minimum absolute atomic E-state index is 0.602. The first-order valence-corrected chi connectivity index (χ1v) is 8.69. The zero-order valence-electron chi connectivity index (χ0n) is 14.6. The molecule has 0 saturated heterocycles. The number of nitrogens with one attached hydrogen (secondary N) is 1. The molecule has 6 heteroatoms. The molecule has 6 nitrogen and oxygen atoms in total. The summed E-state index contributed by atoms with van der Waals surface area (Å²) < 4.78 is 1.88. The molecule has 2 heterocycles. The van der Waals surface area contributed by atoms with Gasteiger partial charge in [0.05, 0.1) is 12.2 Å². The number of aromatic amines is 1. The van der Waals surface area contributed by atoms with Gasteiger partial charge in [0.25, 0.3) is 0 Å². The maximum absolute atomic E-state index is 4.59. The van der Waals surface area contributed by atoms with E-state index in [1.807, 2.05) is 35.9 Å². The topological polar surface area (TPSA) is 72.3 Å². The number of hydrogen-bond donors (Lipinski definition) is 1. The highest BCUT2D eigenvalue weighted by Crippen LogP contribution is 2.17. The lowest BCUT2D eigenvalue weighted by molar-refractivity contribution is 0.633. The van der Waals surface area contributed by atoms with Crippen LogP contribution in [0.2, 0.25) is 0 Å². The fourth-order valence-electron chi connectivity index (χ4n) is 2.89. The van der Waals surface area contributed by atoms with E-state index in [0.717, 1.165) is 30.1 Å². The van der Waals surface area contributed by atoms with Gasteiger partial charge in [0.15, 0.2) is 5.69 Å². The van der Waals surface area contributed by atoms with Crippen molar-refractivity contribution >= 4 is 0 Å². The molecule has 0 spiro atoms. The molecule has 0 atom stereocenters. The fourth-order valence-corrected chi connectivity index (χ4v) is 2.89. The van der Waals surface area contributed by atoms with Crippen molar-refractivity contribution in [2.45, 2.75) is 26.3 Å². The SMILES string of the molecule is Cc1c(-c2n[nH]c(CCc3ccccc3)n2)nnn1Cc1ccccc1. The van der Waals surface area contributed by atoms with Crippen LogP contribution >= 0.6 is 0 Å². The van der Waals surface area contributed by atoms with Gasteiger partial charge >= 0.3 is 0 Å². The Morgan fingerprint density at radius 1 is 0.885 bits per heavy atom. The van der Waals surface area contributed by atoms with Gasteiger partial charge in [-0.3, -0.25) is 5.10 Å². The van der Waals surface area contributed by atoms with E-state index < -0.39 is 0 Å². The van der Waals surface area contributed by atoms with Crippen LogP contribution in [0.1, 0.15) is 22.6 Å². The van der Waals surface area contributed by atoms with Crippen LogP contribution < -0.4 is 0 Å². The summed E-state index contributed by atoms with van der Waals surface area (Å²) in [7, 11) is 0. The average molecular weight is 344 g/mol. The maximum Gasteiger partial charge on any atom is 0.203 e. The zero-order valence-corrected chi connectivity index (χ0v) is 14.6. The molecular formula is C20H20N6. The van der Waals surface area contributed by atoms with Gasteiger partial charge in [-0.2, -0.15) is 5.10 Å². The minimum atomic E-state index is 0.602. The van der Waals surface area contributed by atoms with Crippen LogP contribution in [-0.4, -0.2) is 30.2 Å². The van der Waals surface area contributed by atoms with Gasteiger partial charge in [-0.25, -0.2) is 9.67 Å². The summed E-state index contributed by atoms with van der Waals surface area (Å²) in [6.45, 7) is 2.68. The predicted molar refractivity (Wildman–Crippen MR) is 99.5 cm³/mol. The van der Waals surface area contributed by atoms with E-state index in [2.05, 4.69) is 61.9 Å². The van der Waals surface area contributed by atoms with Crippen molar-refractivity contribution in [3.05, 3.63) is 83.3 Å². The second-order valence-corrected chi connectivity index (χ2v) is 6.26. The number of benzene rings is 2. The molecule has 26 heavy (non-hydrogen) atoms. The third-order valence-corrected chi connectivity index (χ3v) is 4.39. The van der Waals surface area contributed by atoms with E-state index in [1.165, 1.54) is 11.1 Å². The Bertz CT molecular complexity index is 972. The lowest BCUT2D eigenvalue weighted by atomic mass is 10.1. The zero-order chi connectivity index (χ0) is 17.8. The normalized spacial score (nSPS) is 11.0. The second-order valence-electron chi connectivity index (χ2n) is 6.26. The van der Waals surface area contributed by atoms with Gasteiger partial charge in [-0.1, -0.05) is 65.9 Å². The molecule has 0 fully saturated rings. The second kappa shape index (κ2) is 7.31. The first-order valence-electron chi connectivity index (χ1n) is 8.69. The van der Waals surface area contributed by atoms with Crippen LogP contribution in [-0.2, 0) is 19.4 Å². The standard InChI is InChI=1S/C20H20N6/c1-15-19(23-25-26(15)14-17-10-6-3-7-11-17)20-21-18(22-24-20)13-12-16-8-4-2-5-9-16/h2-11H,12-14H2,1H3,(H,21,22,24). The van der Waals surface area contributed by atoms with Crippen LogP contribution in [0.15, 0.2) is 60.7 Å². The van der Waals surface area contributed by atoms with Crippen molar-refractivity contribution < 1.29 is 0 Å². The van der Waals surface area contributed by atoms with E-state index in [4.69, 9.17) is 0 Å². The van der Waals surface area contributed by atoms with E-state index in [0.29, 0.717) is 12.4 Å². The number of hydrogen-bond acceptors (Lipinski definition) is 4. The highest BCUT2D eigenvalue weighted by molar-refractivity contribution is 5.51. The number of nitrogens with zero attached hydrogens (tertiary/aromatic N) is 5. The Morgan fingerprint density at radius 3 is 2.31 bits per heavy atom. The molecule has 4 aromatic rings. The molecule has 0 saturated carbocycles. The monoisotopic (exact) mass is 344 g/mol. The van der Waals surface area contributed by atoms with Crippen molar-refractivity contribution in [2.75, 3.05) is 0 Å². The predicted octanol–water partition coefficient (Wildman–Crippen LogP) is 3.21. The molecule has 0 radical (unpaired) electrons. The fraction of sp³-hybridized carbons (Fsp3) is 0.200. The summed E-state index contributed by atoms with van der Waals surface area (Å²) >= 11 is 0. The Labute approximate surface area is 151 Å². The smallest absolute Gasteiger partial charge is 0.203 e. The van der Waals surface area contributed by atoms with Crippen LogP contribution in [0.4, 0.5) is 0 Å². The minimum Gasteiger partial charge on any atom is -0.263 e. The van der Waals surface area contributed by atoms with Crippen molar-refractivity contribution in [2.24, 2.45) is 0 Å². The molecule has 1 N–H and O–H groups in total. The summed E-state index contributed by atoms with van der Waals surface area (Å²) in [4.78, 5) is 4.59. The van der Waals surface area contributed by atoms with Crippen LogP contribution in [0.5, 0.6) is 0 Å². The van der Waals surface area contributed by atoms with Gasteiger partial charge < -0.3 is 0 Å². The maximum atomic E-state index is 4.59. The highest BCUT2D eigenvalue weighted by Gasteiger charge is 2.15. The molecule has 0 bridgehead atoms. The van der Waals surface area contributed by atoms with E-state index >= 15 is 0 Å². The van der Waals surface area contributed by atoms with Gasteiger partial charge in [0.1, 0.15) is 5.82 Å². The molecule has 0 aliphatic heterocycles. The highest BCUT2D eigenvalue weighted by atomic mass is 15.4. The molecule has 0 aliphatic carbocycles. The first-order chi connectivity index (χ1) is 12.8. The number of aromatic nitrogens is 6. The van der Waals surface area contributed by atoms with Crippen LogP contribution in [0.25, 0.3) is 11.5 Å². The van der Waals surface area contributed by atoms with Crippen molar-refractivity contribution in [3.8, 4) is 11.5 Å². The van der Waals surface area contributed by atoms with E-state index in [9.17, 15) is 0 Å². The first kappa shape index (κ1) is 16.2. The summed E-state index contributed by atoms with van der Waals surface area (Å²) in [6, 6.07) is 20.6. The number of H-pyrrole nitrogens is 1. The molecular weight excluding hydrogens is 324 g/mol. The molecule has 4 rings (SSSR count).